The number of nitriles is 2. The van der Waals surface area contributed by atoms with Gasteiger partial charge in [-0.05, 0) is 0 Å². The van der Waals surface area contributed by atoms with Gasteiger partial charge in [-0.1, -0.05) is 6.08 Å². The lowest BCUT2D eigenvalue weighted by molar-refractivity contribution is -0.0174. The molecule has 0 heterocycles. The van der Waals surface area contributed by atoms with E-state index >= 15 is 0 Å². The van der Waals surface area contributed by atoms with Crippen molar-refractivity contribution >= 4 is 0 Å². The van der Waals surface area contributed by atoms with Gasteiger partial charge in [0.25, 0.3) is 0 Å². The van der Waals surface area contributed by atoms with Gasteiger partial charge in [-0.3, -0.25) is 0 Å². The largest absolute Gasteiger partial charge is 0.392 e. The first kappa shape index (κ1) is 7.78. The molecule has 56 valence electrons. The number of hydrogen-bond donors (Lipinski definition) is 1. The van der Waals surface area contributed by atoms with Crippen LogP contribution in [0.5, 0.6) is 0 Å². The van der Waals surface area contributed by atoms with E-state index in [1.54, 1.807) is 0 Å². The van der Waals surface area contributed by atoms with E-state index in [0.29, 0.717) is 0 Å². The first-order valence-corrected chi connectivity index (χ1v) is 3.33. The van der Waals surface area contributed by atoms with E-state index in [1.807, 2.05) is 12.1 Å². The van der Waals surface area contributed by atoms with Crippen LogP contribution in [0.2, 0.25) is 0 Å². The predicted molar refractivity (Wildman–Crippen MR) is 38.0 cm³/mol. The Morgan fingerprint density at radius 3 is 2.27 bits per heavy atom. The third-order valence-corrected chi connectivity index (χ3v) is 2.17. The molecular formula is C8H8N2O. The molecule has 0 radical (unpaired) electrons. The normalized spacial score (nSPS) is 32.6. The summed E-state index contributed by atoms with van der Waals surface area (Å²) in [6.07, 6.45) is 1.16. The zero-order chi connectivity index (χ0) is 8.48. The smallest absolute Gasteiger partial charge is 0.154 e. The zero-order valence-corrected chi connectivity index (χ0v) is 5.99. The highest BCUT2D eigenvalue weighted by Crippen LogP contribution is 2.46. The topological polar surface area (TPSA) is 67.8 Å². The first-order chi connectivity index (χ1) is 5.20. The van der Waals surface area contributed by atoms with Crippen LogP contribution in [0.1, 0.15) is 6.42 Å². The number of nitrogens with zero attached hydrogens (tertiary/aromatic N) is 2. The van der Waals surface area contributed by atoms with Gasteiger partial charge in [0.2, 0.25) is 0 Å². The number of aliphatic hydroxyl groups excluding tert-OH is 1. The summed E-state index contributed by atoms with van der Waals surface area (Å²) in [6, 6.07) is 3.81. The molecule has 1 saturated carbocycles. The minimum atomic E-state index is -1.01. The Labute approximate surface area is 65.2 Å². The summed E-state index contributed by atoms with van der Waals surface area (Å²) >= 11 is 0. The second-order valence-corrected chi connectivity index (χ2v) is 2.73. The highest BCUT2D eigenvalue weighted by Gasteiger charge is 2.53. The molecule has 0 aliphatic heterocycles. The van der Waals surface area contributed by atoms with Crippen molar-refractivity contribution in [2.45, 2.75) is 12.5 Å². The van der Waals surface area contributed by atoms with Gasteiger partial charge in [-0.15, -0.1) is 6.58 Å². The van der Waals surface area contributed by atoms with Crippen molar-refractivity contribution in [1.82, 2.24) is 0 Å². The van der Waals surface area contributed by atoms with Crippen molar-refractivity contribution in [3.8, 4) is 12.1 Å². The maximum atomic E-state index is 9.13. The maximum Gasteiger partial charge on any atom is 0.154 e. The van der Waals surface area contributed by atoms with Crippen LogP contribution in [-0.2, 0) is 0 Å². The van der Waals surface area contributed by atoms with E-state index in [0.717, 1.165) is 0 Å². The average molecular weight is 148 g/mol. The van der Waals surface area contributed by atoms with Gasteiger partial charge >= 0.3 is 0 Å². The monoisotopic (exact) mass is 148 g/mol. The molecule has 1 aliphatic rings. The third-order valence-electron chi connectivity index (χ3n) is 2.17. The highest BCUT2D eigenvalue weighted by atomic mass is 16.3. The van der Waals surface area contributed by atoms with E-state index < -0.39 is 11.5 Å². The summed E-state index contributed by atoms with van der Waals surface area (Å²) in [7, 11) is 0. The molecule has 3 heteroatoms. The van der Waals surface area contributed by atoms with Crippen molar-refractivity contribution in [2.24, 2.45) is 11.3 Å². The third kappa shape index (κ3) is 0.824. The fourth-order valence-corrected chi connectivity index (χ4v) is 1.38. The minimum absolute atomic E-state index is 0.247. The lowest BCUT2D eigenvalue weighted by atomic mass is 9.60. The summed E-state index contributed by atoms with van der Waals surface area (Å²) in [5, 5.41) is 26.4. The van der Waals surface area contributed by atoms with Gasteiger partial charge in [0.15, 0.2) is 5.41 Å². The summed E-state index contributed by atoms with van der Waals surface area (Å²) in [5.41, 5.74) is -1.01. The molecule has 0 aromatic carbocycles. The lowest BCUT2D eigenvalue weighted by Gasteiger charge is -2.41. The molecule has 2 atom stereocenters. The second-order valence-electron chi connectivity index (χ2n) is 2.73. The Hall–Kier alpha value is -1.32. The Balaban J connectivity index is 2.87. The molecule has 0 aromatic rings. The van der Waals surface area contributed by atoms with E-state index in [-0.39, 0.29) is 12.3 Å². The van der Waals surface area contributed by atoms with Crippen LogP contribution < -0.4 is 0 Å². The Morgan fingerprint density at radius 1 is 1.55 bits per heavy atom. The molecule has 0 aromatic heterocycles. The molecule has 11 heavy (non-hydrogen) atoms. The molecule has 0 bridgehead atoms. The van der Waals surface area contributed by atoms with Crippen molar-refractivity contribution in [2.75, 3.05) is 0 Å². The summed E-state index contributed by atoms with van der Waals surface area (Å²) < 4.78 is 0. The zero-order valence-electron chi connectivity index (χ0n) is 5.99. The minimum Gasteiger partial charge on any atom is -0.392 e. The van der Waals surface area contributed by atoms with Crippen molar-refractivity contribution in [3.63, 3.8) is 0 Å². The van der Waals surface area contributed by atoms with E-state index in [9.17, 15) is 0 Å². The van der Waals surface area contributed by atoms with Crippen molar-refractivity contribution in [1.29, 1.82) is 10.5 Å². The molecule has 0 saturated heterocycles. The van der Waals surface area contributed by atoms with Gasteiger partial charge in [-0.25, -0.2) is 0 Å². The highest BCUT2D eigenvalue weighted by molar-refractivity contribution is 5.27. The molecule has 1 N–H and O–H groups in total. The fraction of sp³-hybridized carbons (Fsp3) is 0.500. The number of rotatable bonds is 1. The summed E-state index contributed by atoms with van der Waals surface area (Å²) in [6.45, 7) is 3.46. The van der Waals surface area contributed by atoms with Crippen molar-refractivity contribution < 1.29 is 5.11 Å². The van der Waals surface area contributed by atoms with E-state index in [2.05, 4.69) is 6.58 Å². The van der Waals surface area contributed by atoms with Crippen LogP contribution >= 0.6 is 0 Å². The van der Waals surface area contributed by atoms with Crippen LogP contribution in [0.15, 0.2) is 12.7 Å². The molecule has 0 unspecified atom stereocenters. The first-order valence-electron chi connectivity index (χ1n) is 3.33. The fourth-order valence-electron chi connectivity index (χ4n) is 1.38. The van der Waals surface area contributed by atoms with E-state index in [4.69, 9.17) is 15.6 Å². The average Bonchev–Trinajstić information content (AvgIpc) is 2.00. The van der Waals surface area contributed by atoms with E-state index in [1.165, 1.54) is 6.08 Å². The molecule has 1 fully saturated rings. The molecular weight excluding hydrogens is 140 g/mol. The van der Waals surface area contributed by atoms with Crippen LogP contribution in [0.3, 0.4) is 0 Å². The molecule has 0 amide bonds. The SMILES string of the molecule is C=C[C@@H]1[C@@H](O)CC1(C#N)C#N. The van der Waals surface area contributed by atoms with Crippen LogP contribution in [0.4, 0.5) is 0 Å². The van der Waals surface area contributed by atoms with Gasteiger partial charge in [0.05, 0.1) is 18.2 Å². The molecule has 0 spiro atoms. The number of hydrogen-bond acceptors (Lipinski definition) is 3. The Morgan fingerprint density at radius 2 is 2.09 bits per heavy atom. The second kappa shape index (κ2) is 2.38. The van der Waals surface area contributed by atoms with Crippen LogP contribution in [-0.4, -0.2) is 11.2 Å². The Kier molecular flexibility index (Phi) is 1.68. The Bertz CT molecular complexity index is 244. The van der Waals surface area contributed by atoms with Gasteiger partial charge < -0.3 is 5.11 Å². The van der Waals surface area contributed by atoms with Crippen LogP contribution in [0.25, 0.3) is 0 Å². The lowest BCUT2D eigenvalue weighted by Crippen LogP contribution is -2.48. The van der Waals surface area contributed by atoms with Crippen molar-refractivity contribution in [3.05, 3.63) is 12.7 Å². The summed E-state index contributed by atoms with van der Waals surface area (Å²) in [5.74, 6) is -0.377. The predicted octanol–water partition coefficient (Wildman–Crippen LogP) is 0.587. The van der Waals surface area contributed by atoms with Gasteiger partial charge in [0, 0.05) is 12.3 Å². The van der Waals surface area contributed by atoms with Gasteiger partial charge in [0.1, 0.15) is 0 Å². The molecule has 1 aliphatic carbocycles. The molecule has 3 nitrogen and oxygen atoms in total. The standard InChI is InChI=1S/C8H8N2O/c1-2-6-7(11)3-8(6,4-9)5-10/h2,6-7,11H,1,3H2/t6-,7+/m1/s1. The number of aliphatic hydroxyl groups is 1. The quantitative estimate of drug-likeness (QED) is 0.553. The van der Waals surface area contributed by atoms with Gasteiger partial charge in [-0.2, -0.15) is 10.5 Å². The molecule has 1 rings (SSSR count). The van der Waals surface area contributed by atoms with Crippen LogP contribution in [0, 0.1) is 34.0 Å². The summed E-state index contributed by atoms with van der Waals surface area (Å²) in [4.78, 5) is 0. The maximum absolute atomic E-state index is 9.13.